The van der Waals surface area contributed by atoms with Crippen molar-refractivity contribution in [2.24, 2.45) is 0 Å². The van der Waals surface area contributed by atoms with Gasteiger partial charge in [0.25, 0.3) is 0 Å². The summed E-state index contributed by atoms with van der Waals surface area (Å²) in [5.74, 6) is 2.10. The first-order valence-corrected chi connectivity index (χ1v) is 12.6. The predicted octanol–water partition coefficient (Wildman–Crippen LogP) is 9.03. The minimum atomic E-state index is 0.462. The van der Waals surface area contributed by atoms with E-state index in [2.05, 4.69) is 94.1 Å². The molecular formula is C30H34S. The molecule has 0 spiro atoms. The molecule has 1 unspecified atom stereocenters. The van der Waals surface area contributed by atoms with Gasteiger partial charge in [-0.25, -0.2) is 0 Å². The Hall–Kier alpha value is -2.25. The Bertz CT molecular complexity index is 1020. The van der Waals surface area contributed by atoms with Gasteiger partial charge in [-0.05, 0) is 76.5 Å². The van der Waals surface area contributed by atoms with Crippen LogP contribution >= 0.6 is 11.8 Å². The van der Waals surface area contributed by atoms with Gasteiger partial charge in [0.1, 0.15) is 0 Å². The molecule has 160 valence electrons. The fourth-order valence-corrected chi connectivity index (χ4v) is 6.09. The molecular weight excluding hydrogens is 392 g/mol. The van der Waals surface area contributed by atoms with Crippen LogP contribution in [0.25, 0.3) is 11.1 Å². The van der Waals surface area contributed by atoms with Crippen molar-refractivity contribution in [3.63, 3.8) is 0 Å². The predicted molar refractivity (Wildman–Crippen MR) is 138 cm³/mol. The van der Waals surface area contributed by atoms with Crippen molar-refractivity contribution < 1.29 is 0 Å². The third kappa shape index (κ3) is 4.67. The van der Waals surface area contributed by atoms with Crippen molar-refractivity contribution in [1.29, 1.82) is 0 Å². The Morgan fingerprint density at radius 2 is 1.55 bits per heavy atom. The fourth-order valence-electron chi connectivity index (χ4n) is 5.01. The van der Waals surface area contributed by atoms with Crippen molar-refractivity contribution in [2.45, 2.75) is 58.3 Å². The van der Waals surface area contributed by atoms with Gasteiger partial charge in [0.15, 0.2) is 0 Å². The highest BCUT2D eigenvalue weighted by Gasteiger charge is 2.28. The highest BCUT2D eigenvalue weighted by Crippen LogP contribution is 2.47. The molecule has 0 saturated carbocycles. The summed E-state index contributed by atoms with van der Waals surface area (Å²) < 4.78 is 0. The molecule has 0 aliphatic heterocycles. The van der Waals surface area contributed by atoms with Crippen LogP contribution in [0.2, 0.25) is 0 Å². The van der Waals surface area contributed by atoms with Gasteiger partial charge >= 0.3 is 0 Å². The molecule has 0 N–H and O–H groups in total. The lowest BCUT2D eigenvalue weighted by atomic mass is 9.86. The first-order valence-electron chi connectivity index (χ1n) is 11.6. The number of aryl methyl sites for hydroxylation is 1. The SMILES string of the molecule is C=C(CC(CCCC)c1cccc(C)c1C)SCC1c2ccccc2-c2ccccc21. The first-order chi connectivity index (χ1) is 15.1. The summed E-state index contributed by atoms with van der Waals surface area (Å²) in [6, 6.07) is 24.6. The molecule has 1 aliphatic carbocycles. The van der Waals surface area contributed by atoms with E-state index >= 15 is 0 Å². The zero-order valence-corrected chi connectivity index (χ0v) is 20.0. The average molecular weight is 427 g/mol. The summed E-state index contributed by atoms with van der Waals surface area (Å²) in [4.78, 5) is 1.32. The maximum absolute atomic E-state index is 4.52. The van der Waals surface area contributed by atoms with E-state index in [0.29, 0.717) is 11.8 Å². The van der Waals surface area contributed by atoms with Crippen LogP contribution in [0.1, 0.15) is 72.3 Å². The lowest BCUT2D eigenvalue weighted by Crippen LogP contribution is -2.05. The van der Waals surface area contributed by atoms with Crippen LogP contribution in [0.4, 0.5) is 0 Å². The number of hydrogen-bond acceptors (Lipinski definition) is 1. The zero-order chi connectivity index (χ0) is 21.8. The van der Waals surface area contributed by atoms with E-state index in [1.807, 2.05) is 11.8 Å². The molecule has 0 amide bonds. The quantitative estimate of drug-likeness (QED) is 0.329. The third-order valence-corrected chi connectivity index (χ3v) is 7.96. The highest BCUT2D eigenvalue weighted by atomic mass is 32.2. The topological polar surface area (TPSA) is 0 Å². The maximum Gasteiger partial charge on any atom is 0.0196 e. The van der Waals surface area contributed by atoms with Crippen molar-refractivity contribution in [1.82, 2.24) is 0 Å². The van der Waals surface area contributed by atoms with Gasteiger partial charge in [-0.2, -0.15) is 0 Å². The van der Waals surface area contributed by atoms with Crippen LogP contribution in [0.15, 0.2) is 78.2 Å². The van der Waals surface area contributed by atoms with E-state index in [1.54, 1.807) is 0 Å². The molecule has 0 saturated heterocycles. The standard InChI is InChI=1S/C30H34S/c1-5-6-13-24(25-18-11-12-21(2)23(25)4)19-22(3)31-20-30-28-16-9-7-14-26(28)27-15-8-10-17-29(27)30/h7-12,14-18,24,30H,3,5-6,13,19-20H2,1-2,4H3. The molecule has 0 nitrogen and oxygen atoms in total. The van der Waals surface area contributed by atoms with Crippen LogP contribution in [0, 0.1) is 13.8 Å². The normalized spacial score (nSPS) is 13.6. The lowest BCUT2D eigenvalue weighted by Gasteiger charge is -2.22. The molecule has 31 heavy (non-hydrogen) atoms. The third-order valence-electron chi connectivity index (χ3n) is 6.88. The number of benzene rings is 3. The monoisotopic (exact) mass is 426 g/mol. The Kier molecular flexibility index (Phi) is 7.02. The Morgan fingerprint density at radius 3 is 2.19 bits per heavy atom. The van der Waals surface area contributed by atoms with Crippen LogP contribution in [-0.4, -0.2) is 5.75 Å². The molecule has 0 fully saturated rings. The van der Waals surface area contributed by atoms with Crippen LogP contribution in [-0.2, 0) is 0 Å². The Morgan fingerprint density at radius 1 is 0.903 bits per heavy atom. The summed E-state index contributed by atoms with van der Waals surface area (Å²) in [5.41, 5.74) is 10.1. The van der Waals surface area contributed by atoms with Gasteiger partial charge in [0.05, 0.1) is 0 Å². The van der Waals surface area contributed by atoms with E-state index in [4.69, 9.17) is 0 Å². The second kappa shape index (κ2) is 9.92. The summed E-state index contributed by atoms with van der Waals surface area (Å²) in [5, 5.41) is 0. The van der Waals surface area contributed by atoms with Crippen molar-refractivity contribution in [3.8, 4) is 11.1 Å². The molecule has 1 atom stereocenters. The molecule has 3 aromatic carbocycles. The molecule has 0 aromatic heterocycles. The van der Waals surface area contributed by atoms with Crippen LogP contribution in [0.5, 0.6) is 0 Å². The van der Waals surface area contributed by atoms with E-state index in [9.17, 15) is 0 Å². The van der Waals surface area contributed by atoms with Gasteiger partial charge in [-0.1, -0.05) is 93.1 Å². The molecule has 4 rings (SSSR count). The second-order valence-electron chi connectivity index (χ2n) is 8.91. The van der Waals surface area contributed by atoms with Gasteiger partial charge in [-0.3, -0.25) is 0 Å². The van der Waals surface area contributed by atoms with Gasteiger partial charge < -0.3 is 0 Å². The lowest BCUT2D eigenvalue weighted by molar-refractivity contribution is 0.584. The minimum absolute atomic E-state index is 0.462. The molecule has 3 aromatic rings. The molecule has 0 radical (unpaired) electrons. The zero-order valence-electron chi connectivity index (χ0n) is 19.2. The summed E-state index contributed by atoms with van der Waals surface area (Å²) in [6.45, 7) is 11.3. The highest BCUT2D eigenvalue weighted by molar-refractivity contribution is 8.03. The van der Waals surface area contributed by atoms with Crippen LogP contribution in [0.3, 0.4) is 0 Å². The van der Waals surface area contributed by atoms with Crippen LogP contribution < -0.4 is 0 Å². The number of thioether (sulfide) groups is 1. The Labute approximate surface area is 192 Å². The molecule has 1 aliphatic rings. The van der Waals surface area contributed by atoms with E-state index < -0.39 is 0 Å². The molecule has 1 heteroatoms. The number of rotatable bonds is 9. The number of allylic oxidation sites excluding steroid dienone is 1. The van der Waals surface area contributed by atoms with E-state index in [0.717, 1.165) is 12.2 Å². The van der Waals surface area contributed by atoms with E-state index in [-0.39, 0.29) is 0 Å². The number of unbranched alkanes of at least 4 members (excludes halogenated alkanes) is 1. The van der Waals surface area contributed by atoms with Crippen molar-refractivity contribution in [2.75, 3.05) is 5.75 Å². The molecule has 0 bridgehead atoms. The van der Waals surface area contributed by atoms with Crippen molar-refractivity contribution in [3.05, 3.63) is 106 Å². The smallest absolute Gasteiger partial charge is 0.0196 e. The maximum atomic E-state index is 4.52. The average Bonchev–Trinajstić information content (AvgIpc) is 3.11. The van der Waals surface area contributed by atoms with Gasteiger partial charge in [0, 0.05) is 11.7 Å². The fraction of sp³-hybridized carbons (Fsp3) is 0.333. The van der Waals surface area contributed by atoms with Crippen molar-refractivity contribution >= 4 is 11.8 Å². The largest absolute Gasteiger partial charge is 0.130 e. The summed E-state index contributed by atoms with van der Waals surface area (Å²) in [7, 11) is 0. The second-order valence-corrected chi connectivity index (χ2v) is 10.1. The van der Waals surface area contributed by atoms with Gasteiger partial charge in [-0.15, -0.1) is 11.8 Å². The first kappa shape index (κ1) is 22.0. The molecule has 0 heterocycles. The number of hydrogen-bond donors (Lipinski definition) is 0. The minimum Gasteiger partial charge on any atom is -0.130 e. The van der Waals surface area contributed by atoms with E-state index in [1.165, 1.54) is 63.1 Å². The Balaban J connectivity index is 1.48. The number of fused-ring (bicyclic) bond motifs is 3. The summed E-state index contributed by atoms with van der Waals surface area (Å²) >= 11 is 1.97. The summed E-state index contributed by atoms with van der Waals surface area (Å²) in [6.07, 6.45) is 4.84. The van der Waals surface area contributed by atoms with Gasteiger partial charge in [0.2, 0.25) is 0 Å².